The van der Waals surface area contributed by atoms with Crippen molar-refractivity contribution in [2.24, 2.45) is 0 Å². The summed E-state index contributed by atoms with van der Waals surface area (Å²) in [7, 11) is 0. The molecule has 0 saturated carbocycles. The minimum Gasteiger partial charge on any atom is -0.354 e. The zero-order chi connectivity index (χ0) is 16.3. The van der Waals surface area contributed by atoms with E-state index in [0.717, 1.165) is 0 Å². The van der Waals surface area contributed by atoms with Gasteiger partial charge in [0.25, 0.3) is 0 Å². The molecular formula is C23H19N. The van der Waals surface area contributed by atoms with Gasteiger partial charge in [-0.2, -0.15) is 0 Å². The van der Waals surface area contributed by atoms with E-state index in [2.05, 4.69) is 92.0 Å². The molecule has 4 aromatic rings. The van der Waals surface area contributed by atoms with Crippen LogP contribution in [0.15, 0.2) is 72.8 Å². The van der Waals surface area contributed by atoms with E-state index in [1.54, 1.807) is 0 Å². The molecule has 1 heteroatoms. The number of benzene rings is 4. The molecular weight excluding hydrogens is 290 g/mol. The SMILES string of the molecule is CC1(C)c2ccc3ccccc3c2Nc2c1ccc1ccccc21. The maximum Gasteiger partial charge on any atom is 0.0505 e. The van der Waals surface area contributed by atoms with Gasteiger partial charge in [-0.25, -0.2) is 0 Å². The second kappa shape index (κ2) is 4.61. The Bertz CT molecular complexity index is 1020. The summed E-state index contributed by atoms with van der Waals surface area (Å²) in [6.07, 6.45) is 0. The third-order valence-corrected chi connectivity index (χ3v) is 5.45. The molecule has 1 aliphatic heterocycles. The first-order chi connectivity index (χ1) is 11.7. The van der Waals surface area contributed by atoms with Crippen LogP contribution in [0.1, 0.15) is 25.0 Å². The molecule has 24 heavy (non-hydrogen) atoms. The van der Waals surface area contributed by atoms with E-state index in [0.29, 0.717) is 0 Å². The van der Waals surface area contributed by atoms with Crippen molar-refractivity contribution in [3.05, 3.63) is 83.9 Å². The maximum atomic E-state index is 3.78. The second-order valence-corrected chi connectivity index (χ2v) is 7.17. The summed E-state index contributed by atoms with van der Waals surface area (Å²) in [4.78, 5) is 0. The quantitative estimate of drug-likeness (QED) is 0.397. The van der Waals surface area contributed by atoms with Gasteiger partial charge in [0.05, 0.1) is 11.4 Å². The molecule has 0 atom stereocenters. The molecule has 1 nitrogen and oxygen atoms in total. The highest BCUT2D eigenvalue weighted by atomic mass is 14.9. The molecule has 0 fully saturated rings. The molecule has 0 saturated heterocycles. The Morgan fingerprint density at radius 1 is 0.583 bits per heavy atom. The van der Waals surface area contributed by atoms with Crippen LogP contribution in [-0.2, 0) is 5.41 Å². The Morgan fingerprint density at radius 3 is 1.54 bits per heavy atom. The van der Waals surface area contributed by atoms with Crippen molar-refractivity contribution in [3.8, 4) is 0 Å². The van der Waals surface area contributed by atoms with Gasteiger partial charge in [-0.15, -0.1) is 0 Å². The molecule has 4 aromatic carbocycles. The average Bonchev–Trinajstić information content (AvgIpc) is 2.61. The molecule has 0 bridgehead atoms. The number of nitrogens with one attached hydrogen (secondary N) is 1. The van der Waals surface area contributed by atoms with Crippen LogP contribution in [0.25, 0.3) is 21.5 Å². The molecule has 1 heterocycles. The van der Waals surface area contributed by atoms with Crippen molar-refractivity contribution in [1.82, 2.24) is 0 Å². The number of anilines is 2. The number of rotatable bonds is 0. The fraction of sp³-hybridized carbons (Fsp3) is 0.130. The van der Waals surface area contributed by atoms with E-state index in [1.165, 1.54) is 44.0 Å². The molecule has 5 rings (SSSR count). The smallest absolute Gasteiger partial charge is 0.0505 e. The Balaban J connectivity index is 1.89. The topological polar surface area (TPSA) is 12.0 Å². The van der Waals surface area contributed by atoms with E-state index >= 15 is 0 Å². The Kier molecular flexibility index (Phi) is 2.62. The summed E-state index contributed by atoms with van der Waals surface area (Å²) in [5, 5.41) is 8.93. The molecule has 0 amide bonds. The predicted octanol–water partition coefficient (Wildman–Crippen LogP) is 6.38. The van der Waals surface area contributed by atoms with Gasteiger partial charge >= 0.3 is 0 Å². The Labute approximate surface area is 141 Å². The van der Waals surface area contributed by atoms with Crippen LogP contribution < -0.4 is 5.32 Å². The fourth-order valence-electron chi connectivity index (χ4n) is 4.12. The summed E-state index contributed by atoms with van der Waals surface area (Å²) < 4.78 is 0. The molecule has 0 aromatic heterocycles. The van der Waals surface area contributed by atoms with Crippen molar-refractivity contribution in [3.63, 3.8) is 0 Å². The van der Waals surface area contributed by atoms with E-state index in [1.807, 2.05) is 0 Å². The van der Waals surface area contributed by atoms with E-state index in [-0.39, 0.29) is 5.41 Å². The first-order valence-corrected chi connectivity index (χ1v) is 8.48. The molecule has 0 aliphatic carbocycles. The van der Waals surface area contributed by atoms with Gasteiger partial charge < -0.3 is 5.32 Å². The van der Waals surface area contributed by atoms with Crippen molar-refractivity contribution in [2.75, 3.05) is 5.32 Å². The zero-order valence-electron chi connectivity index (χ0n) is 13.9. The summed E-state index contributed by atoms with van der Waals surface area (Å²) >= 11 is 0. The maximum absolute atomic E-state index is 3.78. The Morgan fingerprint density at radius 2 is 1.04 bits per heavy atom. The van der Waals surface area contributed by atoms with Crippen molar-refractivity contribution in [2.45, 2.75) is 19.3 Å². The van der Waals surface area contributed by atoms with Crippen LogP contribution in [-0.4, -0.2) is 0 Å². The van der Waals surface area contributed by atoms with Crippen LogP contribution >= 0.6 is 0 Å². The molecule has 0 unspecified atom stereocenters. The largest absolute Gasteiger partial charge is 0.354 e. The van der Waals surface area contributed by atoms with Crippen molar-refractivity contribution < 1.29 is 0 Å². The molecule has 1 N–H and O–H groups in total. The van der Waals surface area contributed by atoms with Crippen LogP contribution in [0.2, 0.25) is 0 Å². The summed E-state index contributed by atoms with van der Waals surface area (Å²) in [5.41, 5.74) is 5.21. The third kappa shape index (κ3) is 1.70. The second-order valence-electron chi connectivity index (χ2n) is 7.17. The molecule has 0 spiro atoms. The average molecular weight is 309 g/mol. The fourth-order valence-corrected chi connectivity index (χ4v) is 4.12. The minimum atomic E-state index is -0.0238. The number of hydrogen-bond donors (Lipinski definition) is 1. The van der Waals surface area contributed by atoms with E-state index < -0.39 is 0 Å². The van der Waals surface area contributed by atoms with Gasteiger partial charge in [0, 0.05) is 16.2 Å². The number of hydrogen-bond acceptors (Lipinski definition) is 1. The lowest BCUT2D eigenvalue weighted by Gasteiger charge is -2.37. The first kappa shape index (κ1) is 13.6. The van der Waals surface area contributed by atoms with Crippen LogP contribution in [0.5, 0.6) is 0 Å². The highest BCUT2D eigenvalue weighted by Crippen LogP contribution is 2.49. The Hall–Kier alpha value is -2.80. The first-order valence-electron chi connectivity index (χ1n) is 8.48. The molecule has 116 valence electrons. The lowest BCUT2D eigenvalue weighted by Crippen LogP contribution is -2.26. The van der Waals surface area contributed by atoms with Crippen LogP contribution in [0, 0.1) is 0 Å². The van der Waals surface area contributed by atoms with Crippen molar-refractivity contribution >= 4 is 32.9 Å². The van der Waals surface area contributed by atoms with E-state index in [4.69, 9.17) is 0 Å². The molecule has 0 radical (unpaired) electrons. The van der Waals surface area contributed by atoms with Gasteiger partial charge in [0.1, 0.15) is 0 Å². The summed E-state index contributed by atoms with van der Waals surface area (Å²) in [5.74, 6) is 0. The standard InChI is InChI=1S/C23H19N/c1-23(2)19-13-11-15-7-3-5-9-17(15)21(19)24-22-18-10-6-4-8-16(18)12-14-20(22)23/h3-14,24H,1-2H3. The van der Waals surface area contributed by atoms with Gasteiger partial charge in [-0.3, -0.25) is 0 Å². The number of fused-ring (bicyclic) bond motifs is 6. The monoisotopic (exact) mass is 309 g/mol. The minimum absolute atomic E-state index is 0.0238. The molecule has 1 aliphatic rings. The van der Waals surface area contributed by atoms with Crippen LogP contribution in [0.3, 0.4) is 0 Å². The van der Waals surface area contributed by atoms with Gasteiger partial charge in [-0.1, -0.05) is 86.6 Å². The zero-order valence-corrected chi connectivity index (χ0v) is 13.9. The van der Waals surface area contributed by atoms with Gasteiger partial charge in [0.2, 0.25) is 0 Å². The summed E-state index contributed by atoms with van der Waals surface area (Å²) in [6.45, 7) is 4.66. The third-order valence-electron chi connectivity index (χ3n) is 5.45. The predicted molar refractivity (Wildman–Crippen MR) is 103 cm³/mol. The highest BCUT2D eigenvalue weighted by molar-refractivity contribution is 6.05. The van der Waals surface area contributed by atoms with Gasteiger partial charge in [0.15, 0.2) is 0 Å². The van der Waals surface area contributed by atoms with E-state index in [9.17, 15) is 0 Å². The van der Waals surface area contributed by atoms with Gasteiger partial charge in [-0.05, 0) is 21.9 Å². The lowest BCUT2D eigenvalue weighted by atomic mass is 9.73. The lowest BCUT2D eigenvalue weighted by molar-refractivity contribution is 0.640. The summed E-state index contributed by atoms with van der Waals surface area (Å²) in [6, 6.07) is 26.3. The van der Waals surface area contributed by atoms with Crippen molar-refractivity contribution in [1.29, 1.82) is 0 Å². The van der Waals surface area contributed by atoms with Crippen LogP contribution in [0.4, 0.5) is 11.4 Å². The normalized spacial score (nSPS) is 14.9. The highest BCUT2D eigenvalue weighted by Gasteiger charge is 2.34.